The van der Waals surface area contributed by atoms with Crippen LogP contribution in [0.1, 0.15) is 12.6 Å². The van der Waals surface area contributed by atoms with Gasteiger partial charge in [-0.2, -0.15) is 8.78 Å². The number of halogens is 2. The van der Waals surface area contributed by atoms with Crippen LogP contribution in [0.2, 0.25) is 0 Å². The molecule has 0 radical (unpaired) electrons. The highest BCUT2D eigenvalue weighted by Crippen LogP contribution is 2.32. The summed E-state index contributed by atoms with van der Waals surface area (Å²) in [6.45, 7) is 1.12. The number of sulfone groups is 1. The van der Waals surface area contributed by atoms with E-state index in [4.69, 9.17) is 0 Å². The Bertz CT molecular complexity index is 557. The third-order valence-corrected chi connectivity index (χ3v) is 3.13. The average Bonchev–Trinajstić information content (AvgIpc) is 2.28. The molecule has 1 rings (SSSR count). The number of carbonyl (C=O) groups excluding carboxylic acids is 1. The molecule has 0 spiro atoms. The molecule has 1 heterocycles. The third-order valence-electron chi connectivity index (χ3n) is 2.00. The van der Waals surface area contributed by atoms with Gasteiger partial charge in [-0.25, -0.2) is 13.2 Å². The van der Waals surface area contributed by atoms with Crippen LogP contribution in [-0.2, 0) is 25.3 Å². The minimum atomic E-state index is -4.10. The first kappa shape index (κ1) is 14.5. The summed E-state index contributed by atoms with van der Waals surface area (Å²) in [5.41, 5.74) is -1.12. The van der Waals surface area contributed by atoms with Crippen molar-refractivity contribution in [2.45, 2.75) is 17.7 Å². The quantitative estimate of drug-likeness (QED) is 0.773. The molecule has 0 aliphatic heterocycles. The number of rotatable bonds is 4. The number of nitrogens with zero attached hydrogens (tertiary/aromatic N) is 1. The molecule has 0 atom stereocenters. The molecule has 0 saturated carbocycles. The number of alkyl halides is 2. The number of carbonyl (C=O) groups is 1. The van der Waals surface area contributed by atoms with Gasteiger partial charge in [-0.1, -0.05) is 0 Å². The van der Waals surface area contributed by atoms with E-state index in [1.54, 1.807) is 0 Å². The molecule has 0 aliphatic carbocycles. The highest BCUT2D eigenvalue weighted by molar-refractivity contribution is 7.90. The van der Waals surface area contributed by atoms with E-state index in [9.17, 15) is 22.0 Å². The van der Waals surface area contributed by atoms with Gasteiger partial charge in [-0.3, -0.25) is 4.98 Å². The molecule has 0 aromatic carbocycles. The molecule has 0 N–H and O–H groups in total. The van der Waals surface area contributed by atoms with Crippen molar-refractivity contribution in [2.24, 2.45) is 0 Å². The van der Waals surface area contributed by atoms with E-state index >= 15 is 0 Å². The van der Waals surface area contributed by atoms with Crippen molar-refractivity contribution in [3.8, 4) is 0 Å². The lowest BCUT2D eigenvalue weighted by Gasteiger charge is -2.16. The average molecular weight is 279 g/mol. The van der Waals surface area contributed by atoms with Crippen LogP contribution < -0.4 is 0 Å². The fourth-order valence-corrected chi connectivity index (χ4v) is 2.10. The Morgan fingerprint density at radius 1 is 1.50 bits per heavy atom. The van der Waals surface area contributed by atoms with Crippen LogP contribution in [0.25, 0.3) is 0 Å². The minimum absolute atomic E-state index is 0.241. The highest BCUT2D eigenvalue weighted by atomic mass is 32.2. The van der Waals surface area contributed by atoms with Crippen LogP contribution in [0.4, 0.5) is 8.78 Å². The van der Waals surface area contributed by atoms with E-state index in [-0.39, 0.29) is 6.61 Å². The smallest absolute Gasteiger partial charge is 0.385 e. The van der Waals surface area contributed by atoms with E-state index in [0.717, 1.165) is 18.5 Å². The van der Waals surface area contributed by atoms with Gasteiger partial charge in [0.05, 0.1) is 11.5 Å². The minimum Gasteiger partial charge on any atom is -0.461 e. The molecular weight excluding hydrogens is 268 g/mol. The number of ether oxygens (including phenoxy) is 1. The van der Waals surface area contributed by atoms with Crippen molar-refractivity contribution in [1.82, 2.24) is 4.98 Å². The van der Waals surface area contributed by atoms with E-state index in [2.05, 4.69) is 9.72 Å². The molecule has 1 aromatic rings. The number of hydrogen-bond donors (Lipinski definition) is 0. The maximum absolute atomic E-state index is 13.7. The van der Waals surface area contributed by atoms with E-state index in [1.165, 1.54) is 13.0 Å². The standard InChI is InChI=1S/C10H11F2NO4S/c1-3-17-9(14)10(11,12)8-7(18(2,15)16)5-4-6-13-8/h4-6H,3H2,1-2H3. The summed E-state index contributed by atoms with van der Waals surface area (Å²) < 4.78 is 54.4. The van der Waals surface area contributed by atoms with Gasteiger partial charge < -0.3 is 4.74 Å². The Kier molecular flexibility index (Phi) is 4.00. The van der Waals surface area contributed by atoms with Crippen LogP contribution in [-0.4, -0.2) is 32.2 Å². The fraction of sp³-hybridized carbons (Fsp3) is 0.400. The molecule has 0 aliphatic rings. The molecule has 8 heteroatoms. The Hall–Kier alpha value is -1.57. The van der Waals surface area contributed by atoms with Gasteiger partial charge in [0.1, 0.15) is 5.69 Å². The molecule has 100 valence electrons. The van der Waals surface area contributed by atoms with Gasteiger partial charge in [-0.15, -0.1) is 0 Å². The van der Waals surface area contributed by atoms with Crippen LogP contribution in [0.5, 0.6) is 0 Å². The first-order valence-corrected chi connectivity index (χ1v) is 6.81. The second-order valence-corrected chi connectivity index (χ2v) is 5.40. The number of hydrogen-bond acceptors (Lipinski definition) is 5. The summed E-state index contributed by atoms with van der Waals surface area (Å²) in [5, 5.41) is 0. The highest BCUT2D eigenvalue weighted by Gasteiger charge is 2.47. The maximum Gasteiger partial charge on any atom is 0.385 e. The van der Waals surface area contributed by atoms with E-state index < -0.39 is 32.3 Å². The van der Waals surface area contributed by atoms with E-state index in [0.29, 0.717) is 0 Å². The molecule has 0 saturated heterocycles. The van der Waals surface area contributed by atoms with Crippen LogP contribution in [0, 0.1) is 0 Å². The SMILES string of the molecule is CCOC(=O)C(F)(F)c1ncccc1S(C)(=O)=O. The lowest BCUT2D eigenvalue weighted by Crippen LogP contribution is -2.31. The summed E-state index contributed by atoms with van der Waals surface area (Å²) in [7, 11) is -3.92. The van der Waals surface area contributed by atoms with E-state index in [1.807, 2.05) is 0 Å². The number of aromatic nitrogens is 1. The first-order chi connectivity index (χ1) is 8.21. The zero-order valence-corrected chi connectivity index (χ0v) is 10.5. The van der Waals surface area contributed by atoms with Crippen molar-refractivity contribution in [2.75, 3.05) is 12.9 Å². The Balaban J connectivity index is 3.38. The van der Waals surface area contributed by atoms with Gasteiger partial charge in [-0.05, 0) is 19.1 Å². The monoisotopic (exact) mass is 279 g/mol. The first-order valence-electron chi connectivity index (χ1n) is 4.91. The molecule has 1 aromatic heterocycles. The molecule has 18 heavy (non-hydrogen) atoms. The van der Waals surface area contributed by atoms with Gasteiger partial charge in [0.2, 0.25) is 0 Å². The topological polar surface area (TPSA) is 73.3 Å². The molecular formula is C10H11F2NO4S. The lowest BCUT2D eigenvalue weighted by molar-refractivity contribution is -0.174. The largest absolute Gasteiger partial charge is 0.461 e. The van der Waals surface area contributed by atoms with Gasteiger partial charge in [0.15, 0.2) is 9.84 Å². The van der Waals surface area contributed by atoms with Gasteiger partial charge >= 0.3 is 11.9 Å². The number of esters is 1. The summed E-state index contributed by atoms with van der Waals surface area (Å²) in [5.74, 6) is -5.93. The Morgan fingerprint density at radius 2 is 2.11 bits per heavy atom. The zero-order chi connectivity index (χ0) is 14.0. The fourth-order valence-electron chi connectivity index (χ4n) is 1.24. The van der Waals surface area contributed by atoms with Crippen molar-refractivity contribution in [1.29, 1.82) is 0 Å². The third kappa shape index (κ3) is 2.81. The molecule has 5 nitrogen and oxygen atoms in total. The Labute approximate surface area is 103 Å². The molecule has 0 amide bonds. The summed E-state index contributed by atoms with van der Waals surface area (Å²) in [6, 6.07) is 2.16. The van der Waals surface area contributed by atoms with Crippen molar-refractivity contribution >= 4 is 15.8 Å². The zero-order valence-electron chi connectivity index (χ0n) is 9.68. The van der Waals surface area contributed by atoms with Crippen LogP contribution in [0.15, 0.2) is 23.2 Å². The maximum atomic E-state index is 13.7. The molecule has 0 unspecified atom stereocenters. The van der Waals surface area contributed by atoms with Crippen molar-refractivity contribution in [3.05, 3.63) is 24.0 Å². The van der Waals surface area contributed by atoms with Crippen LogP contribution >= 0.6 is 0 Å². The second-order valence-electron chi connectivity index (χ2n) is 3.42. The normalized spacial score (nSPS) is 12.2. The predicted octanol–water partition coefficient (Wildman–Crippen LogP) is 1.14. The van der Waals surface area contributed by atoms with Gasteiger partial charge in [0.25, 0.3) is 0 Å². The van der Waals surface area contributed by atoms with Crippen molar-refractivity contribution in [3.63, 3.8) is 0 Å². The number of pyridine rings is 1. The van der Waals surface area contributed by atoms with Crippen molar-refractivity contribution < 1.29 is 26.7 Å². The predicted molar refractivity (Wildman–Crippen MR) is 57.9 cm³/mol. The molecule has 0 bridgehead atoms. The Morgan fingerprint density at radius 3 is 2.61 bits per heavy atom. The summed E-state index contributed by atoms with van der Waals surface area (Å²) >= 11 is 0. The second kappa shape index (κ2) is 4.97. The lowest BCUT2D eigenvalue weighted by atomic mass is 10.2. The molecule has 0 fully saturated rings. The van der Waals surface area contributed by atoms with Crippen LogP contribution in [0.3, 0.4) is 0 Å². The van der Waals surface area contributed by atoms with Gasteiger partial charge in [0, 0.05) is 12.5 Å². The summed E-state index contributed by atoms with van der Waals surface area (Å²) in [6.07, 6.45) is 1.74. The summed E-state index contributed by atoms with van der Waals surface area (Å²) in [4.78, 5) is 13.7.